The standard InChI is InChI=1S/C13H17N/c1-11(8-9-12(2)14)10-13-6-4-3-5-7-13/h3-7,11-12H,10,14H2,1-2H3. The topological polar surface area (TPSA) is 26.0 Å². The molecule has 0 aliphatic heterocycles. The summed E-state index contributed by atoms with van der Waals surface area (Å²) in [5.41, 5.74) is 6.89. The van der Waals surface area contributed by atoms with E-state index in [0.717, 1.165) is 6.42 Å². The van der Waals surface area contributed by atoms with Crippen LogP contribution < -0.4 is 5.73 Å². The minimum atomic E-state index is -0.0202. The fourth-order valence-corrected chi connectivity index (χ4v) is 1.29. The van der Waals surface area contributed by atoms with Crippen LogP contribution in [-0.4, -0.2) is 6.04 Å². The van der Waals surface area contributed by atoms with Crippen molar-refractivity contribution in [2.24, 2.45) is 11.7 Å². The average Bonchev–Trinajstić information content (AvgIpc) is 2.16. The smallest absolute Gasteiger partial charge is 0.0636 e. The summed E-state index contributed by atoms with van der Waals surface area (Å²) >= 11 is 0. The number of hydrogen-bond acceptors (Lipinski definition) is 1. The molecule has 1 rings (SSSR count). The lowest BCUT2D eigenvalue weighted by Gasteiger charge is -2.03. The second-order valence-corrected chi connectivity index (χ2v) is 3.67. The Morgan fingerprint density at radius 2 is 1.79 bits per heavy atom. The molecule has 74 valence electrons. The van der Waals surface area contributed by atoms with E-state index in [0.29, 0.717) is 5.92 Å². The van der Waals surface area contributed by atoms with Crippen LogP contribution in [0.15, 0.2) is 30.3 Å². The Balaban J connectivity index is 2.51. The molecule has 0 aromatic heterocycles. The maximum Gasteiger partial charge on any atom is 0.0636 e. The largest absolute Gasteiger partial charge is 0.318 e. The Morgan fingerprint density at radius 1 is 1.14 bits per heavy atom. The molecule has 1 aromatic rings. The molecule has 0 saturated heterocycles. The number of nitrogens with two attached hydrogens (primary N) is 1. The Kier molecular flexibility index (Phi) is 4.22. The molecule has 0 saturated carbocycles. The van der Waals surface area contributed by atoms with E-state index in [1.807, 2.05) is 13.0 Å². The fraction of sp³-hybridized carbons (Fsp3) is 0.385. The van der Waals surface area contributed by atoms with Gasteiger partial charge in [0.2, 0.25) is 0 Å². The van der Waals surface area contributed by atoms with Gasteiger partial charge in [-0.3, -0.25) is 0 Å². The minimum absolute atomic E-state index is 0.0202. The maximum atomic E-state index is 5.56. The summed E-state index contributed by atoms with van der Waals surface area (Å²) in [6.45, 7) is 4.03. The lowest BCUT2D eigenvalue weighted by molar-refractivity contribution is 0.747. The molecule has 14 heavy (non-hydrogen) atoms. The minimum Gasteiger partial charge on any atom is -0.318 e. The van der Waals surface area contributed by atoms with Crippen LogP contribution in [0, 0.1) is 17.8 Å². The predicted molar refractivity (Wildman–Crippen MR) is 60.7 cm³/mol. The molecule has 0 amide bonds. The van der Waals surface area contributed by atoms with E-state index in [9.17, 15) is 0 Å². The first-order valence-corrected chi connectivity index (χ1v) is 4.99. The van der Waals surface area contributed by atoms with Crippen molar-refractivity contribution in [2.75, 3.05) is 0 Å². The van der Waals surface area contributed by atoms with Crippen LogP contribution >= 0.6 is 0 Å². The molecule has 0 aliphatic carbocycles. The van der Waals surface area contributed by atoms with Gasteiger partial charge in [0, 0.05) is 5.92 Å². The first-order chi connectivity index (χ1) is 6.68. The Hall–Kier alpha value is -1.26. The highest BCUT2D eigenvalue weighted by Gasteiger charge is 1.98. The van der Waals surface area contributed by atoms with Crippen molar-refractivity contribution >= 4 is 0 Å². The predicted octanol–water partition coefficient (Wildman–Crippen LogP) is 2.22. The lowest BCUT2D eigenvalue weighted by Crippen LogP contribution is -2.11. The second kappa shape index (κ2) is 5.47. The van der Waals surface area contributed by atoms with Crippen molar-refractivity contribution in [3.8, 4) is 11.8 Å². The molecule has 0 spiro atoms. The van der Waals surface area contributed by atoms with Crippen molar-refractivity contribution in [3.05, 3.63) is 35.9 Å². The third-order valence-corrected chi connectivity index (χ3v) is 1.94. The molecule has 1 heteroatoms. The molecule has 2 unspecified atom stereocenters. The molecular weight excluding hydrogens is 170 g/mol. The van der Waals surface area contributed by atoms with Crippen molar-refractivity contribution in [1.82, 2.24) is 0 Å². The van der Waals surface area contributed by atoms with E-state index in [1.165, 1.54) is 5.56 Å². The van der Waals surface area contributed by atoms with Gasteiger partial charge in [-0.1, -0.05) is 49.1 Å². The van der Waals surface area contributed by atoms with E-state index in [2.05, 4.69) is 43.0 Å². The Labute approximate surface area is 86.3 Å². The van der Waals surface area contributed by atoms with E-state index in [1.54, 1.807) is 0 Å². The zero-order valence-electron chi connectivity index (χ0n) is 8.83. The Bertz CT molecular complexity index is 316. The van der Waals surface area contributed by atoms with Gasteiger partial charge in [0.1, 0.15) is 0 Å². The first-order valence-electron chi connectivity index (χ1n) is 4.99. The number of hydrogen-bond donors (Lipinski definition) is 1. The van der Waals surface area contributed by atoms with Gasteiger partial charge in [0.05, 0.1) is 6.04 Å². The molecule has 0 bridgehead atoms. The summed E-state index contributed by atoms with van der Waals surface area (Å²) in [4.78, 5) is 0. The van der Waals surface area contributed by atoms with Crippen molar-refractivity contribution < 1.29 is 0 Å². The van der Waals surface area contributed by atoms with Crippen LogP contribution in [0.1, 0.15) is 19.4 Å². The van der Waals surface area contributed by atoms with Gasteiger partial charge in [-0.2, -0.15) is 0 Å². The van der Waals surface area contributed by atoms with Crippen LogP contribution in [0.25, 0.3) is 0 Å². The summed E-state index contributed by atoms with van der Waals surface area (Å²) in [6, 6.07) is 10.4. The summed E-state index contributed by atoms with van der Waals surface area (Å²) in [7, 11) is 0. The lowest BCUT2D eigenvalue weighted by atomic mass is 10.0. The van der Waals surface area contributed by atoms with Crippen LogP contribution in [0.5, 0.6) is 0 Å². The highest BCUT2D eigenvalue weighted by atomic mass is 14.6. The quantitative estimate of drug-likeness (QED) is 0.706. The van der Waals surface area contributed by atoms with Gasteiger partial charge in [0.25, 0.3) is 0 Å². The van der Waals surface area contributed by atoms with Crippen molar-refractivity contribution in [2.45, 2.75) is 26.3 Å². The molecule has 0 fully saturated rings. The van der Waals surface area contributed by atoms with Crippen molar-refractivity contribution in [3.63, 3.8) is 0 Å². The molecular formula is C13H17N. The molecule has 1 aromatic carbocycles. The summed E-state index contributed by atoms with van der Waals surface area (Å²) < 4.78 is 0. The number of rotatable bonds is 2. The fourth-order valence-electron chi connectivity index (χ4n) is 1.29. The summed E-state index contributed by atoms with van der Waals surface area (Å²) in [5, 5.41) is 0. The van der Waals surface area contributed by atoms with Gasteiger partial charge in [-0.05, 0) is 18.9 Å². The third-order valence-electron chi connectivity index (χ3n) is 1.94. The van der Waals surface area contributed by atoms with E-state index >= 15 is 0 Å². The molecule has 2 atom stereocenters. The second-order valence-electron chi connectivity index (χ2n) is 3.67. The van der Waals surface area contributed by atoms with Crippen molar-refractivity contribution in [1.29, 1.82) is 0 Å². The van der Waals surface area contributed by atoms with E-state index in [-0.39, 0.29) is 6.04 Å². The number of benzene rings is 1. The normalized spacial score (nSPS) is 13.9. The van der Waals surface area contributed by atoms with Crippen LogP contribution in [0.4, 0.5) is 0 Å². The van der Waals surface area contributed by atoms with Crippen LogP contribution in [0.3, 0.4) is 0 Å². The van der Waals surface area contributed by atoms with Gasteiger partial charge < -0.3 is 5.73 Å². The molecule has 0 radical (unpaired) electrons. The van der Waals surface area contributed by atoms with E-state index < -0.39 is 0 Å². The zero-order valence-corrected chi connectivity index (χ0v) is 8.83. The Morgan fingerprint density at radius 3 is 2.36 bits per heavy atom. The zero-order chi connectivity index (χ0) is 10.4. The molecule has 2 N–H and O–H groups in total. The highest BCUT2D eigenvalue weighted by molar-refractivity contribution is 5.18. The third kappa shape index (κ3) is 4.11. The van der Waals surface area contributed by atoms with Gasteiger partial charge >= 0.3 is 0 Å². The highest BCUT2D eigenvalue weighted by Crippen LogP contribution is 2.06. The van der Waals surface area contributed by atoms with Crippen LogP contribution in [-0.2, 0) is 6.42 Å². The summed E-state index contributed by atoms with van der Waals surface area (Å²) in [6.07, 6.45) is 1.00. The SMILES string of the molecule is CC(N)C#CC(C)Cc1ccccc1. The van der Waals surface area contributed by atoms with Crippen LogP contribution in [0.2, 0.25) is 0 Å². The van der Waals surface area contributed by atoms with E-state index in [4.69, 9.17) is 5.73 Å². The summed E-state index contributed by atoms with van der Waals surface area (Å²) in [5.74, 6) is 6.53. The average molecular weight is 187 g/mol. The molecule has 0 heterocycles. The maximum absolute atomic E-state index is 5.56. The monoisotopic (exact) mass is 187 g/mol. The molecule has 1 nitrogen and oxygen atoms in total. The first kappa shape index (κ1) is 10.8. The molecule has 0 aliphatic rings. The van der Waals surface area contributed by atoms with Gasteiger partial charge in [-0.15, -0.1) is 0 Å². The van der Waals surface area contributed by atoms with Gasteiger partial charge in [0.15, 0.2) is 0 Å². The van der Waals surface area contributed by atoms with Gasteiger partial charge in [-0.25, -0.2) is 0 Å².